The van der Waals surface area contributed by atoms with Gasteiger partial charge in [0.2, 0.25) is 5.88 Å². The summed E-state index contributed by atoms with van der Waals surface area (Å²) in [7, 11) is 1.64. The smallest absolute Gasteiger partial charge is 0.213 e. The van der Waals surface area contributed by atoms with Gasteiger partial charge in [-0.25, -0.2) is 19.9 Å². The molecular weight excluding hydrogens is 318 g/mol. The lowest BCUT2D eigenvalue weighted by Gasteiger charge is -2.40. The van der Waals surface area contributed by atoms with Gasteiger partial charge in [-0.15, -0.1) is 0 Å². The van der Waals surface area contributed by atoms with Gasteiger partial charge in [-0.2, -0.15) is 0 Å². The minimum atomic E-state index is 0.384. The number of hydrogen-bond acceptors (Lipinski definition) is 7. The van der Waals surface area contributed by atoms with E-state index in [-0.39, 0.29) is 0 Å². The molecule has 1 aliphatic rings. The van der Waals surface area contributed by atoms with Crippen LogP contribution in [-0.4, -0.2) is 62.6 Å². The zero-order valence-electron chi connectivity index (χ0n) is 14.4. The van der Waals surface area contributed by atoms with E-state index < -0.39 is 0 Å². The van der Waals surface area contributed by atoms with E-state index >= 15 is 0 Å². The number of aromatic amines is 1. The van der Waals surface area contributed by atoms with Gasteiger partial charge in [-0.05, 0) is 13.0 Å². The van der Waals surface area contributed by atoms with Crippen LogP contribution in [-0.2, 0) is 6.54 Å². The molecule has 0 aromatic carbocycles. The number of anilines is 1. The van der Waals surface area contributed by atoms with Crippen LogP contribution in [0.2, 0.25) is 0 Å². The SMILES string of the molecule is COc1cccc(CN2CCN(c3ncnc4nc[nH]c34)CC2C)n1. The molecule has 4 heterocycles. The predicted molar refractivity (Wildman–Crippen MR) is 94.6 cm³/mol. The highest BCUT2D eigenvalue weighted by molar-refractivity contribution is 5.82. The molecule has 4 rings (SSSR count). The van der Waals surface area contributed by atoms with Gasteiger partial charge in [-0.3, -0.25) is 4.90 Å². The molecule has 1 saturated heterocycles. The third-order valence-corrected chi connectivity index (χ3v) is 4.62. The Balaban J connectivity index is 1.47. The minimum absolute atomic E-state index is 0.384. The van der Waals surface area contributed by atoms with Crippen molar-refractivity contribution in [1.82, 2.24) is 29.8 Å². The van der Waals surface area contributed by atoms with Crippen molar-refractivity contribution in [3.63, 3.8) is 0 Å². The monoisotopic (exact) mass is 339 g/mol. The highest BCUT2D eigenvalue weighted by atomic mass is 16.5. The largest absolute Gasteiger partial charge is 0.481 e. The number of rotatable bonds is 4. The quantitative estimate of drug-likeness (QED) is 0.770. The summed E-state index contributed by atoms with van der Waals surface area (Å²) in [6.07, 6.45) is 3.24. The van der Waals surface area contributed by atoms with Gasteiger partial charge in [0.1, 0.15) is 11.8 Å². The van der Waals surface area contributed by atoms with Crippen LogP contribution in [0.1, 0.15) is 12.6 Å². The van der Waals surface area contributed by atoms with E-state index in [1.807, 2.05) is 18.2 Å². The molecule has 25 heavy (non-hydrogen) atoms. The Bertz CT molecular complexity index is 865. The summed E-state index contributed by atoms with van der Waals surface area (Å²) in [5.74, 6) is 1.58. The molecule has 0 radical (unpaired) electrons. The first-order valence-electron chi connectivity index (χ1n) is 8.37. The molecule has 0 amide bonds. The normalized spacial score (nSPS) is 18.6. The van der Waals surface area contributed by atoms with E-state index in [0.717, 1.165) is 43.2 Å². The van der Waals surface area contributed by atoms with Crippen molar-refractivity contribution in [3.8, 4) is 5.88 Å². The lowest BCUT2D eigenvalue weighted by Crippen LogP contribution is -2.51. The van der Waals surface area contributed by atoms with Crippen molar-refractivity contribution in [1.29, 1.82) is 0 Å². The third kappa shape index (κ3) is 3.12. The maximum atomic E-state index is 5.22. The topological polar surface area (TPSA) is 83.1 Å². The van der Waals surface area contributed by atoms with Gasteiger partial charge >= 0.3 is 0 Å². The van der Waals surface area contributed by atoms with Crippen LogP contribution in [0.5, 0.6) is 5.88 Å². The fourth-order valence-electron chi connectivity index (χ4n) is 3.28. The molecule has 130 valence electrons. The van der Waals surface area contributed by atoms with Crippen LogP contribution < -0.4 is 9.64 Å². The number of H-pyrrole nitrogens is 1. The summed E-state index contributed by atoms with van der Waals surface area (Å²) in [5.41, 5.74) is 2.64. The summed E-state index contributed by atoms with van der Waals surface area (Å²) < 4.78 is 5.22. The Kier molecular flexibility index (Phi) is 4.19. The average molecular weight is 339 g/mol. The first-order valence-corrected chi connectivity index (χ1v) is 8.37. The number of hydrogen-bond donors (Lipinski definition) is 1. The summed E-state index contributed by atoms with van der Waals surface area (Å²) in [6, 6.07) is 6.28. The number of ether oxygens (including phenoxy) is 1. The van der Waals surface area contributed by atoms with Gasteiger partial charge in [0.25, 0.3) is 0 Å². The van der Waals surface area contributed by atoms with Crippen LogP contribution in [0, 0.1) is 0 Å². The molecule has 1 fully saturated rings. The molecule has 3 aromatic rings. The molecule has 0 saturated carbocycles. The predicted octanol–water partition coefficient (Wildman–Crippen LogP) is 1.47. The average Bonchev–Trinajstić information content (AvgIpc) is 3.12. The van der Waals surface area contributed by atoms with E-state index in [9.17, 15) is 0 Å². The first kappa shape index (κ1) is 15.8. The highest BCUT2D eigenvalue weighted by Gasteiger charge is 2.26. The molecule has 1 aliphatic heterocycles. The Labute approximate surface area is 145 Å². The molecule has 1 unspecified atom stereocenters. The van der Waals surface area contributed by atoms with Gasteiger partial charge in [0.15, 0.2) is 11.5 Å². The fourth-order valence-corrected chi connectivity index (χ4v) is 3.28. The van der Waals surface area contributed by atoms with Gasteiger partial charge in [-0.1, -0.05) is 6.07 Å². The summed E-state index contributed by atoms with van der Waals surface area (Å²) >= 11 is 0. The second-order valence-electron chi connectivity index (χ2n) is 6.24. The minimum Gasteiger partial charge on any atom is -0.481 e. The van der Waals surface area contributed by atoms with E-state index in [1.165, 1.54) is 0 Å². The van der Waals surface area contributed by atoms with Crippen molar-refractivity contribution in [2.45, 2.75) is 19.5 Å². The molecule has 1 atom stereocenters. The van der Waals surface area contributed by atoms with Gasteiger partial charge < -0.3 is 14.6 Å². The van der Waals surface area contributed by atoms with E-state index in [2.05, 4.69) is 41.6 Å². The van der Waals surface area contributed by atoms with Crippen LogP contribution in [0.3, 0.4) is 0 Å². The molecule has 0 bridgehead atoms. The molecular formula is C17H21N7O. The Hall–Kier alpha value is -2.74. The second-order valence-corrected chi connectivity index (χ2v) is 6.24. The number of aromatic nitrogens is 5. The summed E-state index contributed by atoms with van der Waals surface area (Å²) in [6.45, 7) is 5.79. The number of nitrogens with one attached hydrogen (secondary N) is 1. The van der Waals surface area contributed by atoms with Gasteiger partial charge in [0.05, 0.1) is 19.1 Å². The lowest BCUT2D eigenvalue weighted by atomic mass is 10.1. The molecule has 1 N–H and O–H groups in total. The van der Waals surface area contributed by atoms with E-state index in [4.69, 9.17) is 4.74 Å². The number of fused-ring (bicyclic) bond motifs is 1. The van der Waals surface area contributed by atoms with Crippen LogP contribution in [0.25, 0.3) is 11.2 Å². The maximum Gasteiger partial charge on any atom is 0.213 e. The lowest BCUT2D eigenvalue weighted by molar-refractivity contribution is 0.178. The fraction of sp³-hybridized carbons (Fsp3) is 0.412. The van der Waals surface area contributed by atoms with Crippen molar-refractivity contribution in [2.75, 3.05) is 31.6 Å². The van der Waals surface area contributed by atoms with Crippen LogP contribution in [0.15, 0.2) is 30.9 Å². The van der Waals surface area contributed by atoms with Crippen LogP contribution in [0.4, 0.5) is 5.82 Å². The third-order valence-electron chi connectivity index (χ3n) is 4.62. The molecule has 8 nitrogen and oxygen atoms in total. The number of nitrogens with zero attached hydrogens (tertiary/aromatic N) is 6. The highest BCUT2D eigenvalue weighted by Crippen LogP contribution is 2.23. The second kappa shape index (κ2) is 6.64. The maximum absolute atomic E-state index is 5.22. The number of piperazine rings is 1. The van der Waals surface area contributed by atoms with Crippen LogP contribution >= 0.6 is 0 Å². The summed E-state index contributed by atoms with van der Waals surface area (Å²) in [5, 5.41) is 0. The number of imidazole rings is 1. The summed E-state index contributed by atoms with van der Waals surface area (Å²) in [4.78, 5) is 25.3. The van der Waals surface area contributed by atoms with E-state index in [1.54, 1.807) is 19.8 Å². The first-order chi connectivity index (χ1) is 12.2. The molecule has 0 spiro atoms. The Morgan fingerprint density at radius 2 is 2.16 bits per heavy atom. The van der Waals surface area contributed by atoms with Crippen molar-refractivity contribution in [3.05, 3.63) is 36.5 Å². The number of methoxy groups -OCH3 is 1. The molecule has 8 heteroatoms. The van der Waals surface area contributed by atoms with Crippen molar-refractivity contribution < 1.29 is 4.74 Å². The van der Waals surface area contributed by atoms with Crippen molar-refractivity contribution >= 4 is 17.0 Å². The standard InChI is InChI=1S/C17H21N7O/c1-12-8-24(17-15-16(19-10-18-15)20-11-21-17)7-6-23(12)9-13-4-3-5-14(22-13)25-2/h3-5,10-12H,6-9H2,1-2H3,(H,18,19,20,21). The molecule has 3 aromatic heterocycles. The number of pyridine rings is 1. The van der Waals surface area contributed by atoms with Gasteiger partial charge in [0, 0.05) is 38.3 Å². The zero-order chi connectivity index (χ0) is 17.2. The van der Waals surface area contributed by atoms with E-state index in [0.29, 0.717) is 17.6 Å². The van der Waals surface area contributed by atoms with Crippen molar-refractivity contribution in [2.24, 2.45) is 0 Å². The Morgan fingerprint density at radius 3 is 3.00 bits per heavy atom. The zero-order valence-corrected chi connectivity index (χ0v) is 14.4. The molecule has 0 aliphatic carbocycles. The Morgan fingerprint density at radius 1 is 1.24 bits per heavy atom.